The Kier molecular flexibility index (Phi) is 8.29. The first-order valence-electron chi connectivity index (χ1n) is 10.1. The second kappa shape index (κ2) is 11.4. The molecule has 0 saturated carbocycles. The Balaban J connectivity index is 1.87. The van der Waals surface area contributed by atoms with Crippen molar-refractivity contribution in [3.63, 3.8) is 0 Å². The van der Waals surface area contributed by atoms with Gasteiger partial charge in [0.15, 0.2) is 0 Å². The van der Waals surface area contributed by atoms with E-state index in [2.05, 4.69) is 22.0 Å². The number of para-hydroxylation sites is 1. The van der Waals surface area contributed by atoms with Gasteiger partial charge in [0.25, 0.3) is 5.91 Å². The van der Waals surface area contributed by atoms with E-state index in [9.17, 15) is 19.6 Å². The number of hydrogen-bond donors (Lipinski definition) is 3. The van der Waals surface area contributed by atoms with Crippen LogP contribution in [0.25, 0.3) is 0 Å². The van der Waals surface area contributed by atoms with Crippen LogP contribution < -0.4 is 16.0 Å². The average Bonchev–Trinajstić information content (AvgIpc) is 3.32. The van der Waals surface area contributed by atoms with Gasteiger partial charge in [0, 0.05) is 21.8 Å². The molecule has 0 bridgehead atoms. The van der Waals surface area contributed by atoms with Crippen LogP contribution in [0.5, 0.6) is 0 Å². The predicted molar refractivity (Wildman–Crippen MR) is 128 cm³/mol. The number of thiophene rings is 1. The number of benzene rings is 1. The zero-order valence-corrected chi connectivity index (χ0v) is 19.6. The quantitative estimate of drug-likeness (QED) is 0.544. The molecule has 0 radical (unpaired) electrons. The molecule has 2 aromatic rings. The summed E-state index contributed by atoms with van der Waals surface area (Å²) >= 11 is 2.53. The maximum absolute atomic E-state index is 13.2. The number of allylic oxidation sites excluding steroid dienone is 2. The fourth-order valence-corrected chi connectivity index (χ4v) is 4.98. The second-order valence-electron chi connectivity index (χ2n) is 6.84. The summed E-state index contributed by atoms with van der Waals surface area (Å²) in [5, 5.41) is 20.5. The minimum atomic E-state index is -0.818. The zero-order valence-electron chi connectivity index (χ0n) is 18.0. The first-order valence-corrected chi connectivity index (χ1v) is 11.9. The van der Waals surface area contributed by atoms with Crippen molar-refractivity contribution in [1.29, 1.82) is 5.26 Å². The van der Waals surface area contributed by atoms with Crippen LogP contribution in [-0.2, 0) is 14.3 Å². The molecule has 3 rings (SSSR count). The molecule has 2 heterocycles. The Morgan fingerprint density at radius 1 is 1.21 bits per heavy atom. The van der Waals surface area contributed by atoms with E-state index in [1.807, 2.05) is 35.7 Å². The lowest BCUT2D eigenvalue weighted by atomic mass is 9.86. The maximum Gasteiger partial charge on any atom is 0.413 e. The van der Waals surface area contributed by atoms with Crippen LogP contribution in [0.2, 0.25) is 0 Å². The minimum absolute atomic E-state index is 0.109. The highest BCUT2D eigenvalue weighted by Crippen LogP contribution is 2.42. The topological polar surface area (TPSA) is 120 Å². The third kappa shape index (κ3) is 6.03. The number of hydrogen-bond acceptors (Lipinski definition) is 8. The molecule has 1 aromatic heterocycles. The molecule has 1 aromatic carbocycles. The molecule has 3 N–H and O–H groups in total. The summed E-state index contributed by atoms with van der Waals surface area (Å²) in [6, 6.07) is 15.0. The highest BCUT2D eigenvalue weighted by Gasteiger charge is 2.35. The minimum Gasteiger partial charge on any atom is -0.450 e. The van der Waals surface area contributed by atoms with Gasteiger partial charge in [-0.15, -0.1) is 11.3 Å². The lowest BCUT2D eigenvalue weighted by Crippen LogP contribution is -2.33. The van der Waals surface area contributed by atoms with Gasteiger partial charge in [-0.05, 0) is 37.4 Å². The summed E-state index contributed by atoms with van der Waals surface area (Å²) in [6.07, 6.45) is -0.818. The fraction of sp³-hybridized carbons (Fsp3) is 0.217. The van der Waals surface area contributed by atoms with Gasteiger partial charge in [-0.2, -0.15) is 5.26 Å². The largest absolute Gasteiger partial charge is 0.450 e. The van der Waals surface area contributed by atoms with Crippen molar-refractivity contribution < 1.29 is 19.1 Å². The highest BCUT2D eigenvalue weighted by molar-refractivity contribution is 8.03. The van der Waals surface area contributed by atoms with Gasteiger partial charge in [-0.25, -0.2) is 4.79 Å². The van der Waals surface area contributed by atoms with Crippen LogP contribution in [0, 0.1) is 11.3 Å². The molecule has 3 amide bonds. The van der Waals surface area contributed by atoms with E-state index >= 15 is 0 Å². The van der Waals surface area contributed by atoms with E-state index in [4.69, 9.17) is 4.74 Å². The van der Waals surface area contributed by atoms with Crippen molar-refractivity contribution in [2.24, 2.45) is 0 Å². The highest BCUT2D eigenvalue weighted by atomic mass is 32.2. The summed E-state index contributed by atoms with van der Waals surface area (Å²) in [7, 11) is 0. The molecule has 0 saturated heterocycles. The molecule has 1 atom stereocenters. The van der Waals surface area contributed by atoms with Gasteiger partial charge < -0.3 is 15.4 Å². The second-order valence-corrected chi connectivity index (χ2v) is 8.81. The fourth-order valence-electron chi connectivity index (χ4n) is 3.24. The third-order valence-electron chi connectivity index (χ3n) is 4.62. The van der Waals surface area contributed by atoms with Gasteiger partial charge in [-0.1, -0.05) is 36.0 Å². The van der Waals surface area contributed by atoms with Crippen molar-refractivity contribution in [1.82, 2.24) is 10.6 Å². The molecule has 10 heteroatoms. The molecule has 1 aliphatic heterocycles. The number of rotatable bonds is 7. The summed E-state index contributed by atoms with van der Waals surface area (Å²) in [5.41, 5.74) is 1.98. The number of ether oxygens (including phenoxy) is 1. The van der Waals surface area contributed by atoms with Gasteiger partial charge in [0.05, 0.1) is 34.9 Å². The van der Waals surface area contributed by atoms with E-state index in [-0.39, 0.29) is 18.3 Å². The first kappa shape index (κ1) is 24.1. The summed E-state index contributed by atoms with van der Waals surface area (Å²) < 4.78 is 4.71. The molecule has 1 aliphatic rings. The van der Waals surface area contributed by atoms with Gasteiger partial charge in [-0.3, -0.25) is 14.9 Å². The Labute approximate surface area is 199 Å². The van der Waals surface area contributed by atoms with Crippen LogP contribution in [-0.4, -0.2) is 30.3 Å². The summed E-state index contributed by atoms with van der Waals surface area (Å²) in [5.74, 6) is -1.56. The number of carbonyl (C=O) groups excluding carboxylic acids is 3. The molecule has 0 spiro atoms. The van der Waals surface area contributed by atoms with Crippen LogP contribution in [0.3, 0.4) is 0 Å². The van der Waals surface area contributed by atoms with Crippen molar-refractivity contribution in [3.05, 3.63) is 74.6 Å². The molecule has 0 unspecified atom stereocenters. The van der Waals surface area contributed by atoms with Crippen molar-refractivity contribution in [2.45, 2.75) is 19.8 Å². The first-order chi connectivity index (χ1) is 15.9. The number of carbonyl (C=O) groups is 3. The summed E-state index contributed by atoms with van der Waals surface area (Å²) in [4.78, 5) is 37.6. The van der Waals surface area contributed by atoms with Crippen LogP contribution in [0.4, 0.5) is 10.5 Å². The zero-order chi connectivity index (χ0) is 23.8. The number of alkyl carbamates (subject to hydrolysis) is 1. The number of nitrogens with zero attached hydrogens (tertiary/aromatic N) is 1. The van der Waals surface area contributed by atoms with Gasteiger partial charge in [0.1, 0.15) is 0 Å². The monoisotopic (exact) mass is 482 g/mol. The van der Waals surface area contributed by atoms with Crippen molar-refractivity contribution in [3.8, 4) is 6.07 Å². The van der Waals surface area contributed by atoms with Crippen molar-refractivity contribution >= 4 is 46.7 Å². The Hall–Kier alpha value is -3.55. The van der Waals surface area contributed by atoms with Crippen molar-refractivity contribution in [2.75, 3.05) is 17.7 Å². The van der Waals surface area contributed by atoms with E-state index in [0.717, 1.165) is 16.6 Å². The third-order valence-corrected chi connectivity index (χ3v) is 6.57. The number of nitriles is 1. The Morgan fingerprint density at radius 3 is 2.61 bits per heavy atom. The SMILES string of the molecule is CCOC(=O)NC(=O)CSC1=C(C#N)[C@@H](c2cccs2)C(C(=O)Nc2ccccc2)=C(C)N1. The Morgan fingerprint density at radius 2 is 1.97 bits per heavy atom. The molecular weight excluding hydrogens is 460 g/mol. The van der Waals surface area contributed by atoms with Crippen LogP contribution >= 0.6 is 23.1 Å². The van der Waals surface area contributed by atoms with Crippen LogP contribution in [0.15, 0.2) is 69.7 Å². The van der Waals surface area contributed by atoms with E-state index in [1.54, 1.807) is 26.0 Å². The number of anilines is 1. The molecule has 170 valence electrons. The lowest BCUT2D eigenvalue weighted by molar-refractivity contribution is -0.118. The van der Waals surface area contributed by atoms with Gasteiger partial charge in [0.2, 0.25) is 5.91 Å². The normalized spacial score (nSPS) is 15.4. The number of dihydropyridines is 1. The number of nitrogens with one attached hydrogen (secondary N) is 3. The lowest BCUT2D eigenvalue weighted by Gasteiger charge is -2.29. The molecule has 33 heavy (non-hydrogen) atoms. The number of amides is 3. The number of thioether (sulfide) groups is 1. The van der Waals surface area contributed by atoms with E-state index < -0.39 is 17.9 Å². The summed E-state index contributed by atoms with van der Waals surface area (Å²) in [6.45, 7) is 3.55. The van der Waals surface area contributed by atoms with Crippen LogP contribution in [0.1, 0.15) is 24.6 Å². The Bertz CT molecular complexity index is 1130. The smallest absolute Gasteiger partial charge is 0.413 e. The van der Waals surface area contributed by atoms with Gasteiger partial charge >= 0.3 is 6.09 Å². The predicted octanol–water partition coefficient (Wildman–Crippen LogP) is 4.09. The van der Waals surface area contributed by atoms with E-state index in [0.29, 0.717) is 27.6 Å². The maximum atomic E-state index is 13.2. The molecule has 0 aliphatic carbocycles. The molecule has 0 fully saturated rings. The molecule has 8 nitrogen and oxygen atoms in total. The molecular formula is C23H22N4O4S2. The standard InChI is InChI=1S/C23H22N4O4S2/c1-3-31-23(30)27-18(28)13-33-22-16(12-24)20(17-10-7-11-32-17)19(14(2)25-22)21(29)26-15-8-5-4-6-9-15/h4-11,20,25H,3,13H2,1-2H3,(H,26,29)(H,27,28,30)/t20-/m0/s1. The average molecular weight is 483 g/mol. The number of imide groups is 1. The van der Waals surface area contributed by atoms with E-state index in [1.165, 1.54) is 11.3 Å².